The molecule has 0 saturated carbocycles. The summed E-state index contributed by atoms with van der Waals surface area (Å²) in [5.41, 5.74) is 0. The van der Waals surface area contributed by atoms with E-state index in [0.29, 0.717) is 18.0 Å². The zero-order chi connectivity index (χ0) is 19.1. The average Bonchev–Trinajstić information content (AvgIpc) is 3.35. The van der Waals surface area contributed by atoms with E-state index in [1.165, 1.54) is 43.6 Å². The second-order valence-corrected chi connectivity index (χ2v) is 8.85. The first kappa shape index (κ1) is 20.6. The summed E-state index contributed by atoms with van der Waals surface area (Å²) in [5, 5.41) is 9.26. The number of nitrogens with one attached hydrogen (secondary N) is 2. The normalized spacial score (nSPS) is 27.8. The number of piperidine rings is 1. The molecule has 6 heteroatoms. The van der Waals surface area contributed by atoms with Crippen LogP contribution in [0.15, 0.2) is 22.5 Å². The minimum atomic E-state index is 0.510. The van der Waals surface area contributed by atoms with Gasteiger partial charge in [-0.25, -0.2) is 0 Å². The van der Waals surface area contributed by atoms with Crippen LogP contribution in [-0.4, -0.2) is 68.1 Å². The van der Waals surface area contributed by atoms with Crippen LogP contribution in [0.4, 0.5) is 0 Å². The molecule has 5 nitrogen and oxygen atoms in total. The zero-order valence-corrected chi connectivity index (χ0v) is 18.1. The van der Waals surface area contributed by atoms with Gasteiger partial charge in [0.2, 0.25) is 0 Å². The first-order chi connectivity index (χ1) is 13.2. The Balaban J connectivity index is 1.61. The highest BCUT2D eigenvalue weighted by molar-refractivity contribution is 7.10. The van der Waals surface area contributed by atoms with E-state index in [1.807, 2.05) is 11.3 Å². The minimum absolute atomic E-state index is 0.510. The Bertz CT molecular complexity index is 573. The number of thiophene rings is 1. The molecule has 3 heterocycles. The van der Waals surface area contributed by atoms with E-state index in [2.05, 4.69) is 58.8 Å². The Morgan fingerprint density at radius 1 is 1.22 bits per heavy atom. The smallest absolute Gasteiger partial charge is 0.191 e. The summed E-state index contributed by atoms with van der Waals surface area (Å²) in [6, 6.07) is 5.63. The molecule has 0 amide bonds. The molecule has 0 bridgehead atoms. The molecule has 0 spiro atoms. The molecule has 1 aromatic rings. The molecule has 152 valence electrons. The summed E-state index contributed by atoms with van der Waals surface area (Å²) >= 11 is 1.88. The van der Waals surface area contributed by atoms with Gasteiger partial charge >= 0.3 is 0 Å². The largest absolute Gasteiger partial charge is 0.357 e. The van der Waals surface area contributed by atoms with Crippen molar-refractivity contribution in [3.8, 4) is 0 Å². The van der Waals surface area contributed by atoms with Gasteiger partial charge in [0.05, 0.1) is 0 Å². The second-order valence-electron chi connectivity index (χ2n) is 7.87. The monoisotopic (exact) mass is 391 g/mol. The van der Waals surface area contributed by atoms with Crippen LogP contribution in [0.1, 0.15) is 50.4 Å². The molecule has 3 atom stereocenters. The summed E-state index contributed by atoms with van der Waals surface area (Å²) in [4.78, 5) is 11.6. The third-order valence-electron chi connectivity index (χ3n) is 6.08. The van der Waals surface area contributed by atoms with Crippen molar-refractivity contribution in [1.29, 1.82) is 0 Å². The number of aliphatic imine (C=N–C) groups is 1. The molecule has 2 fully saturated rings. The Morgan fingerprint density at radius 3 is 2.81 bits per heavy atom. The van der Waals surface area contributed by atoms with Gasteiger partial charge < -0.3 is 10.6 Å². The summed E-state index contributed by atoms with van der Waals surface area (Å²) in [7, 11) is 2.27. The van der Waals surface area contributed by atoms with Crippen LogP contribution in [0.5, 0.6) is 0 Å². The number of nitrogens with zero attached hydrogens (tertiary/aromatic N) is 3. The number of hydrogen-bond acceptors (Lipinski definition) is 4. The van der Waals surface area contributed by atoms with Crippen LogP contribution in [0.25, 0.3) is 0 Å². The Hall–Kier alpha value is -1.11. The standard InChI is InChI=1S/C21H37N5S/c1-4-22-21(24-16-18-10-7-13-26(18)5-2)23-15-17-9-6-12-25(3)20(17)19-11-8-14-27-19/h8,11,14,17-18,20H,4-7,9-10,12-13,15-16H2,1-3H3,(H2,22,23,24). The second kappa shape index (κ2) is 10.4. The van der Waals surface area contributed by atoms with Gasteiger partial charge in [0.15, 0.2) is 5.96 Å². The number of likely N-dealkylation sites (N-methyl/N-ethyl adjacent to an activating group) is 1. The van der Waals surface area contributed by atoms with Gasteiger partial charge in [0, 0.05) is 36.6 Å². The maximum absolute atomic E-state index is 5.00. The first-order valence-electron chi connectivity index (χ1n) is 10.7. The molecule has 27 heavy (non-hydrogen) atoms. The molecule has 0 radical (unpaired) electrons. The van der Waals surface area contributed by atoms with Gasteiger partial charge in [0.25, 0.3) is 0 Å². The molecule has 2 aliphatic heterocycles. The van der Waals surface area contributed by atoms with Crippen molar-refractivity contribution in [2.75, 3.05) is 46.3 Å². The predicted molar refractivity (Wildman–Crippen MR) is 117 cm³/mol. The van der Waals surface area contributed by atoms with E-state index in [4.69, 9.17) is 4.99 Å². The summed E-state index contributed by atoms with van der Waals surface area (Å²) in [6.07, 6.45) is 5.16. The third-order valence-corrected chi connectivity index (χ3v) is 7.02. The predicted octanol–water partition coefficient (Wildman–Crippen LogP) is 3.17. The molecule has 0 aromatic carbocycles. The quantitative estimate of drug-likeness (QED) is 0.553. The minimum Gasteiger partial charge on any atom is -0.357 e. The molecule has 0 aliphatic carbocycles. The van der Waals surface area contributed by atoms with E-state index in [1.54, 1.807) is 0 Å². The summed E-state index contributed by atoms with van der Waals surface area (Å²) in [5.74, 6) is 1.58. The van der Waals surface area contributed by atoms with Crippen molar-refractivity contribution in [3.05, 3.63) is 22.4 Å². The van der Waals surface area contributed by atoms with Gasteiger partial charge in [-0.05, 0) is 76.7 Å². The highest BCUT2D eigenvalue weighted by Crippen LogP contribution is 2.37. The summed E-state index contributed by atoms with van der Waals surface area (Å²) < 4.78 is 0. The van der Waals surface area contributed by atoms with E-state index in [9.17, 15) is 0 Å². The first-order valence-corrected chi connectivity index (χ1v) is 11.6. The lowest BCUT2D eigenvalue weighted by Gasteiger charge is -2.38. The zero-order valence-electron chi connectivity index (χ0n) is 17.3. The maximum Gasteiger partial charge on any atom is 0.191 e. The Labute approximate surface area is 169 Å². The fourth-order valence-electron chi connectivity index (χ4n) is 4.67. The molecule has 2 saturated heterocycles. The number of likely N-dealkylation sites (tertiary alicyclic amines) is 2. The SMILES string of the molecule is CCNC(=NCC1CCCN(C)C1c1cccs1)NCC1CCCN1CC. The van der Waals surface area contributed by atoms with Gasteiger partial charge in [-0.3, -0.25) is 14.8 Å². The lowest BCUT2D eigenvalue weighted by atomic mass is 9.88. The van der Waals surface area contributed by atoms with E-state index in [0.717, 1.165) is 32.1 Å². The third kappa shape index (κ3) is 5.46. The van der Waals surface area contributed by atoms with Crippen LogP contribution in [-0.2, 0) is 0 Å². The molecule has 2 N–H and O–H groups in total. The van der Waals surface area contributed by atoms with Crippen molar-refractivity contribution >= 4 is 17.3 Å². The van der Waals surface area contributed by atoms with E-state index >= 15 is 0 Å². The Morgan fingerprint density at radius 2 is 2.07 bits per heavy atom. The highest BCUT2D eigenvalue weighted by Gasteiger charge is 2.31. The fourth-order valence-corrected chi connectivity index (χ4v) is 5.65. The lowest BCUT2D eigenvalue weighted by molar-refractivity contribution is 0.128. The van der Waals surface area contributed by atoms with E-state index in [-0.39, 0.29) is 0 Å². The molecular formula is C21H37N5S. The number of rotatable bonds is 7. The Kier molecular flexibility index (Phi) is 7.97. The molecule has 2 aliphatic rings. The number of hydrogen-bond donors (Lipinski definition) is 2. The molecule has 3 rings (SSSR count). The maximum atomic E-state index is 5.00. The van der Waals surface area contributed by atoms with Crippen molar-refractivity contribution in [2.45, 2.75) is 51.6 Å². The molecular weight excluding hydrogens is 354 g/mol. The van der Waals surface area contributed by atoms with Gasteiger partial charge in [-0.1, -0.05) is 13.0 Å². The number of guanidine groups is 1. The van der Waals surface area contributed by atoms with Crippen LogP contribution < -0.4 is 10.6 Å². The van der Waals surface area contributed by atoms with Crippen LogP contribution in [0.2, 0.25) is 0 Å². The van der Waals surface area contributed by atoms with Gasteiger partial charge in [0.1, 0.15) is 0 Å². The van der Waals surface area contributed by atoms with Gasteiger partial charge in [-0.15, -0.1) is 11.3 Å². The van der Waals surface area contributed by atoms with Crippen LogP contribution in [0, 0.1) is 5.92 Å². The van der Waals surface area contributed by atoms with Crippen molar-refractivity contribution in [1.82, 2.24) is 20.4 Å². The van der Waals surface area contributed by atoms with Crippen molar-refractivity contribution < 1.29 is 0 Å². The van der Waals surface area contributed by atoms with Gasteiger partial charge in [-0.2, -0.15) is 0 Å². The average molecular weight is 392 g/mol. The fraction of sp³-hybridized carbons (Fsp3) is 0.762. The van der Waals surface area contributed by atoms with Crippen molar-refractivity contribution in [3.63, 3.8) is 0 Å². The van der Waals surface area contributed by atoms with E-state index < -0.39 is 0 Å². The highest BCUT2D eigenvalue weighted by atomic mass is 32.1. The topological polar surface area (TPSA) is 42.9 Å². The van der Waals surface area contributed by atoms with Crippen LogP contribution >= 0.6 is 11.3 Å². The lowest BCUT2D eigenvalue weighted by Crippen LogP contribution is -2.45. The molecule has 3 unspecified atom stereocenters. The summed E-state index contributed by atoms with van der Waals surface area (Å²) in [6.45, 7) is 10.8. The van der Waals surface area contributed by atoms with Crippen LogP contribution in [0.3, 0.4) is 0 Å². The van der Waals surface area contributed by atoms with Crippen molar-refractivity contribution in [2.24, 2.45) is 10.9 Å². The molecule has 1 aromatic heterocycles.